The van der Waals surface area contributed by atoms with Crippen LogP contribution in [-0.2, 0) is 10.0 Å². The van der Waals surface area contributed by atoms with Gasteiger partial charge in [0.25, 0.3) is 15.6 Å². The maximum atomic E-state index is 13.2. The first-order valence-corrected chi connectivity index (χ1v) is 15.3. The van der Waals surface area contributed by atoms with Crippen LogP contribution in [0.5, 0.6) is 5.75 Å². The molecule has 5 rings (SSSR count). The Balaban J connectivity index is 1.23. The summed E-state index contributed by atoms with van der Waals surface area (Å²) in [5, 5.41) is 5.98. The Kier molecular flexibility index (Phi) is 8.61. The molecule has 4 N–H and O–H groups in total. The van der Waals surface area contributed by atoms with Crippen molar-refractivity contribution in [2.75, 3.05) is 23.8 Å². The number of H-pyrrole nitrogens is 1. The highest BCUT2D eigenvalue weighted by molar-refractivity contribution is 7.92. The molecule has 0 saturated carbocycles. The van der Waals surface area contributed by atoms with Crippen LogP contribution < -0.4 is 31.3 Å². The number of sulfonamides is 1. The van der Waals surface area contributed by atoms with Crippen molar-refractivity contribution in [2.45, 2.75) is 10.6 Å². The smallest absolute Gasteiger partial charge is 0.333 e. The van der Waals surface area contributed by atoms with E-state index in [1.165, 1.54) is 36.4 Å². The molecule has 3 aromatic carbocycles. The topological polar surface area (TPSA) is 151 Å². The van der Waals surface area contributed by atoms with Gasteiger partial charge < -0.3 is 20.4 Å². The minimum absolute atomic E-state index is 0.107. The van der Waals surface area contributed by atoms with Crippen LogP contribution in [0.3, 0.4) is 0 Å². The van der Waals surface area contributed by atoms with Gasteiger partial charge in [-0.05, 0) is 73.2 Å². The van der Waals surface area contributed by atoms with Crippen molar-refractivity contribution < 1.29 is 17.9 Å². The molecule has 0 spiro atoms. The fraction of sp³-hybridized carbons (Fsp3) is 0.107. The number of urea groups is 1. The number of amides is 2. The summed E-state index contributed by atoms with van der Waals surface area (Å²) in [6, 6.07) is 22.1. The largest absolute Gasteiger partial charge is 0.494 e. The molecule has 2 aromatic heterocycles. The number of aromatic amines is 1. The molecule has 0 fully saturated rings. The van der Waals surface area contributed by atoms with Gasteiger partial charge in [0.2, 0.25) is 0 Å². The molecule has 0 atom stereocenters. The van der Waals surface area contributed by atoms with Crippen LogP contribution in [0.4, 0.5) is 16.2 Å². The molecule has 0 aliphatic rings. The highest BCUT2D eigenvalue weighted by atomic mass is 35.5. The van der Waals surface area contributed by atoms with Gasteiger partial charge in [-0.25, -0.2) is 27.3 Å². The zero-order valence-electron chi connectivity index (χ0n) is 21.8. The number of carbonyl (C=O) groups excluding carboxylic acids is 1. The molecule has 14 heteroatoms. The van der Waals surface area contributed by atoms with Crippen LogP contribution in [0, 0.1) is 0 Å². The molecule has 2 amide bonds. The van der Waals surface area contributed by atoms with E-state index in [4.69, 9.17) is 16.3 Å². The number of halogens is 1. The Morgan fingerprint density at radius 1 is 0.952 bits per heavy atom. The standard InChI is InChI=1S/C28H24ClN5O6S2/c29-24-13-14-25(41-24)42(38,39)33-27(36)31-18-7-10-20(11-8-18)34-26(35)22-12-9-19(17-23(22)32-28(34)37)30-15-4-16-40-21-5-2-1-3-6-21/h1-3,5-14,17,30H,4,15-16H2,(H,32,37)(H2,31,33,36). The number of rotatable bonds is 10. The van der Waals surface area contributed by atoms with E-state index in [1.807, 2.05) is 35.1 Å². The summed E-state index contributed by atoms with van der Waals surface area (Å²) >= 11 is 6.59. The molecule has 11 nitrogen and oxygen atoms in total. The number of anilines is 2. The summed E-state index contributed by atoms with van der Waals surface area (Å²) in [7, 11) is -4.09. The number of para-hydroxylation sites is 1. The molecule has 2 heterocycles. The summed E-state index contributed by atoms with van der Waals surface area (Å²) in [6.45, 7) is 1.17. The third kappa shape index (κ3) is 6.82. The number of aromatic nitrogens is 2. The number of thiophene rings is 1. The molecule has 0 bridgehead atoms. The first-order valence-electron chi connectivity index (χ1n) is 12.6. The zero-order chi connectivity index (χ0) is 29.7. The molecule has 5 aromatic rings. The maximum Gasteiger partial charge on any atom is 0.333 e. The third-order valence-corrected chi connectivity index (χ3v) is 9.04. The SMILES string of the molecule is O=C(Nc1ccc(-n2c(=O)[nH]c3cc(NCCCOc4ccccc4)ccc3c2=O)cc1)NS(=O)(=O)c1ccc(Cl)s1. The number of nitrogens with one attached hydrogen (secondary N) is 4. The summed E-state index contributed by atoms with van der Waals surface area (Å²) in [4.78, 5) is 41.1. The normalized spacial score (nSPS) is 11.3. The average molecular weight is 626 g/mol. The van der Waals surface area contributed by atoms with E-state index in [0.29, 0.717) is 24.1 Å². The van der Waals surface area contributed by atoms with Crippen LogP contribution in [0.15, 0.2) is 98.7 Å². The Labute approximate surface area is 248 Å². The van der Waals surface area contributed by atoms with E-state index in [-0.39, 0.29) is 19.9 Å². The van der Waals surface area contributed by atoms with Crippen molar-refractivity contribution >= 4 is 61.3 Å². The first kappa shape index (κ1) is 28.9. The Bertz CT molecular complexity index is 1960. The molecule has 0 saturated heterocycles. The van der Waals surface area contributed by atoms with Gasteiger partial charge in [-0.2, -0.15) is 0 Å². The molecular weight excluding hydrogens is 602 g/mol. The van der Waals surface area contributed by atoms with Crippen LogP contribution in [0.25, 0.3) is 16.6 Å². The minimum atomic E-state index is -4.09. The van der Waals surface area contributed by atoms with E-state index in [9.17, 15) is 22.8 Å². The Morgan fingerprint density at radius 2 is 1.69 bits per heavy atom. The van der Waals surface area contributed by atoms with Crippen molar-refractivity contribution in [3.8, 4) is 11.4 Å². The molecule has 0 radical (unpaired) electrons. The highest BCUT2D eigenvalue weighted by Gasteiger charge is 2.20. The summed E-state index contributed by atoms with van der Waals surface area (Å²) < 4.78 is 33.3. The molecular formula is C28H24ClN5O6S2. The second kappa shape index (κ2) is 12.5. The number of carbonyl (C=O) groups is 1. The van der Waals surface area contributed by atoms with Gasteiger partial charge in [0.1, 0.15) is 9.96 Å². The molecule has 42 heavy (non-hydrogen) atoms. The number of fused-ring (bicyclic) bond motifs is 1. The Hall–Kier alpha value is -4.59. The molecule has 216 valence electrons. The summed E-state index contributed by atoms with van der Waals surface area (Å²) in [5.74, 6) is 0.805. The van der Waals surface area contributed by atoms with Crippen molar-refractivity contribution in [3.05, 3.63) is 110 Å². The molecule has 0 aliphatic heterocycles. The number of nitrogens with zero attached hydrogens (tertiary/aromatic N) is 1. The van der Waals surface area contributed by atoms with Crippen LogP contribution >= 0.6 is 22.9 Å². The fourth-order valence-electron chi connectivity index (χ4n) is 4.04. The van der Waals surface area contributed by atoms with Gasteiger partial charge in [0.05, 0.1) is 27.5 Å². The highest BCUT2D eigenvalue weighted by Crippen LogP contribution is 2.25. The van der Waals surface area contributed by atoms with E-state index in [2.05, 4.69) is 15.6 Å². The molecule has 0 aliphatic carbocycles. The Morgan fingerprint density at radius 3 is 2.40 bits per heavy atom. The van der Waals surface area contributed by atoms with E-state index in [0.717, 1.165) is 33.8 Å². The third-order valence-electron chi connectivity index (χ3n) is 5.98. The van der Waals surface area contributed by atoms with Crippen molar-refractivity contribution in [2.24, 2.45) is 0 Å². The van der Waals surface area contributed by atoms with E-state index in [1.54, 1.807) is 18.2 Å². The maximum absolute atomic E-state index is 13.2. The number of ether oxygens (including phenoxy) is 1. The second-order valence-electron chi connectivity index (χ2n) is 8.94. The number of benzene rings is 3. The predicted octanol–water partition coefficient (Wildman–Crippen LogP) is 4.79. The van der Waals surface area contributed by atoms with Crippen molar-refractivity contribution in [1.82, 2.24) is 14.3 Å². The van der Waals surface area contributed by atoms with E-state index < -0.39 is 27.3 Å². The van der Waals surface area contributed by atoms with Crippen LogP contribution in [0.2, 0.25) is 4.34 Å². The second-order valence-corrected chi connectivity index (χ2v) is 12.6. The predicted molar refractivity (Wildman–Crippen MR) is 164 cm³/mol. The minimum Gasteiger partial charge on any atom is -0.494 e. The average Bonchev–Trinajstić information content (AvgIpc) is 3.41. The van der Waals surface area contributed by atoms with Crippen LogP contribution in [-0.4, -0.2) is 37.2 Å². The van der Waals surface area contributed by atoms with Gasteiger partial charge in [-0.15, -0.1) is 11.3 Å². The van der Waals surface area contributed by atoms with Gasteiger partial charge in [-0.1, -0.05) is 29.8 Å². The lowest BCUT2D eigenvalue weighted by atomic mass is 10.2. The van der Waals surface area contributed by atoms with Gasteiger partial charge in [-0.3, -0.25) is 4.79 Å². The monoisotopic (exact) mass is 625 g/mol. The van der Waals surface area contributed by atoms with Gasteiger partial charge >= 0.3 is 11.7 Å². The lowest BCUT2D eigenvalue weighted by Crippen LogP contribution is -2.34. The number of hydrogen-bond donors (Lipinski definition) is 4. The van der Waals surface area contributed by atoms with Crippen molar-refractivity contribution in [3.63, 3.8) is 0 Å². The summed E-state index contributed by atoms with van der Waals surface area (Å²) in [5.41, 5.74) is 0.472. The fourth-order valence-corrected chi connectivity index (χ4v) is 6.43. The molecule has 0 unspecified atom stereocenters. The number of hydrogen-bond acceptors (Lipinski definition) is 8. The lowest BCUT2D eigenvalue weighted by Gasteiger charge is -2.11. The van der Waals surface area contributed by atoms with Crippen molar-refractivity contribution in [1.29, 1.82) is 0 Å². The summed E-state index contributed by atoms with van der Waals surface area (Å²) in [6.07, 6.45) is 0.747. The van der Waals surface area contributed by atoms with Crippen LogP contribution in [0.1, 0.15) is 6.42 Å². The zero-order valence-corrected chi connectivity index (χ0v) is 24.2. The lowest BCUT2D eigenvalue weighted by molar-refractivity contribution is 0.256. The van der Waals surface area contributed by atoms with Gasteiger partial charge in [0.15, 0.2) is 0 Å². The first-order chi connectivity index (χ1) is 20.2. The quantitative estimate of drug-likeness (QED) is 0.163. The van der Waals surface area contributed by atoms with E-state index >= 15 is 0 Å². The van der Waals surface area contributed by atoms with Gasteiger partial charge in [0, 0.05) is 17.9 Å².